The lowest BCUT2D eigenvalue weighted by Crippen LogP contribution is -2.28. The van der Waals surface area contributed by atoms with Gasteiger partial charge in [0, 0.05) is 21.5 Å². The predicted octanol–water partition coefficient (Wildman–Crippen LogP) is 16.6. The molecule has 0 bridgehead atoms. The third kappa shape index (κ3) is 4.78. The molecule has 0 N–H and O–H groups in total. The number of para-hydroxylation sites is 1. The Morgan fingerprint density at radius 3 is 1.21 bits per heavy atom. The molecule has 0 aliphatic heterocycles. The summed E-state index contributed by atoms with van der Waals surface area (Å²) >= 11 is 0. The van der Waals surface area contributed by atoms with Crippen molar-refractivity contribution in [3.05, 3.63) is 241 Å². The molecule has 1 aliphatic rings. The minimum absolute atomic E-state index is 0.576. The van der Waals surface area contributed by atoms with Gasteiger partial charge in [-0.05, 0) is 136 Å². The molecule has 11 aromatic carbocycles. The van der Waals surface area contributed by atoms with Crippen LogP contribution in [0.15, 0.2) is 227 Å². The molecule has 2 heterocycles. The second-order valence-electron chi connectivity index (χ2n) is 17.1. The van der Waals surface area contributed by atoms with Gasteiger partial charge in [-0.15, -0.1) is 0 Å². The van der Waals surface area contributed by atoms with E-state index in [1.807, 2.05) is 24.3 Å². The van der Waals surface area contributed by atoms with Crippen molar-refractivity contribution in [2.45, 2.75) is 5.41 Å². The van der Waals surface area contributed by atoms with Crippen LogP contribution in [-0.4, -0.2) is 0 Å². The first-order valence-electron chi connectivity index (χ1n) is 21.7. The third-order valence-electron chi connectivity index (χ3n) is 13.9. The molecule has 0 amide bonds. The van der Waals surface area contributed by atoms with Gasteiger partial charge >= 0.3 is 0 Å². The van der Waals surface area contributed by atoms with Crippen LogP contribution in [0, 0.1) is 0 Å². The van der Waals surface area contributed by atoms with Crippen LogP contribution < -0.4 is 0 Å². The second kappa shape index (κ2) is 12.9. The molecule has 0 atom stereocenters. The maximum absolute atomic E-state index is 6.50. The van der Waals surface area contributed by atoms with Crippen molar-refractivity contribution in [3.8, 4) is 33.4 Å². The second-order valence-corrected chi connectivity index (χ2v) is 17.1. The van der Waals surface area contributed by atoms with Crippen LogP contribution >= 0.6 is 0 Å². The topological polar surface area (TPSA) is 26.3 Å². The van der Waals surface area contributed by atoms with Crippen LogP contribution in [0.5, 0.6) is 0 Å². The van der Waals surface area contributed by atoms with Gasteiger partial charge in [-0.3, -0.25) is 0 Å². The highest BCUT2D eigenvalue weighted by atomic mass is 16.3. The van der Waals surface area contributed by atoms with E-state index in [-0.39, 0.29) is 0 Å². The molecule has 14 rings (SSSR count). The van der Waals surface area contributed by atoms with Crippen LogP contribution in [0.25, 0.3) is 110 Å². The highest BCUT2D eigenvalue weighted by molar-refractivity contribution is 6.27. The molecular formula is C61H36O2. The molecule has 1 aliphatic carbocycles. The molecule has 0 spiro atoms. The fourth-order valence-corrected chi connectivity index (χ4v) is 11.2. The first-order valence-corrected chi connectivity index (χ1v) is 21.7. The van der Waals surface area contributed by atoms with Gasteiger partial charge in [0.25, 0.3) is 0 Å². The predicted molar refractivity (Wildman–Crippen MR) is 262 cm³/mol. The summed E-state index contributed by atoms with van der Waals surface area (Å²) in [6.07, 6.45) is 0. The van der Waals surface area contributed by atoms with Crippen LogP contribution in [0.3, 0.4) is 0 Å². The van der Waals surface area contributed by atoms with Crippen LogP contribution in [0.2, 0.25) is 0 Å². The summed E-state index contributed by atoms with van der Waals surface area (Å²) in [4.78, 5) is 0. The van der Waals surface area contributed by atoms with E-state index in [9.17, 15) is 0 Å². The van der Waals surface area contributed by atoms with E-state index >= 15 is 0 Å². The first kappa shape index (κ1) is 34.5. The van der Waals surface area contributed by atoms with Gasteiger partial charge in [0.15, 0.2) is 0 Å². The lowest BCUT2D eigenvalue weighted by molar-refractivity contribution is 0.663. The van der Waals surface area contributed by atoms with Crippen molar-refractivity contribution in [3.63, 3.8) is 0 Å². The maximum atomic E-state index is 6.50. The largest absolute Gasteiger partial charge is 0.456 e. The SMILES string of the molecule is c1ccc(C2(c3ccccc3)c3cc(-c4ccc5c6ccccc6c6ccccc6c5c4)ccc3-c3ccc(-c4ccc5oc6ccc7oc8ccccc8c7c6c5c4)cc32)cc1. The Labute approximate surface area is 362 Å². The molecule has 0 saturated heterocycles. The third-order valence-corrected chi connectivity index (χ3v) is 13.9. The normalized spacial score (nSPS) is 13.2. The van der Waals surface area contributed by atoms with Crippen molar-refractivity contribution in [1.29, 1.82) is 0 Å². The number of furan rings is 2. The molecule has 0 unspecified atom stereocenters. The quantitative estimate of drug-likeness (QED) is 0.166. The van der Waals surface area contributed by atoms with Crippen molar-refractivity contribution in [2.75, 3.05) is 0 Å². The van der Waals surface area contributed by atoms with Crippen LogP contribution in [-0.2, 0) is 5.41 Å². The molecule has 2 aromatic heterocycles. The van der Waals surface area contributed by atoms with E-state index in [0.29, 0.717) is 0 Å². The van der Waals surface area contributed by atoms with E-state index in [2.05, 4.69) is 194 Å². The Balaban J connectivity index is 0.998. The Morgan fingerprint density at radius 1 is 0.254 bits per heavy atom. The summed E-state index contributed by atoms with van der Waals surface area (Å²) in [5, 5.41) is 12.1. The smallest absolute Gasteiger partial charge is 0.136 e. The Kier molecular flexibility index (Phi) is 7.07. The Bertz CT molecular complexity index is 3940. The maximum Gasteiger partial charge on any atom is 0.136 e. The zero-order valence-electron chi connectivity index (χ0n) is 34.1. The zero-order chi connectivity index (χ0) is 41.2. The zero-order valence-corrected chi connectivity index (χ0v) is 34.1. The average Bonchev–Trinajstić information content (AvgIpc) is 4.02. The molecule has 292 valence electrons. The van der Waals surface area contributed by atoms with E-state index in [0.717, 1.165) is 55.0 Å². The van der Waals surface area contributed by atoms with E-state index < -0.39 is 5.41 Å². The van der Waals surface area contributed by atoms with Gasteiger partial charge in [-0.1, -0.05) is 170 Å². The van der Waals surface area contributed by atoms with Crippen LogP contribution in [0.4, 0.5) is 0 Å². The highest BCUT2D eigenvalue weighted by Gasteiger charge is 2.46. The highest BCUT2D eigenvalue weighted by Crippen LogP contribution is 2.58. The summed E-state index contributed by atoms with van der Waals surface area (Å²) in [5.41, 5.74) is 15.2. The van der Waals surface area contributed by atoms with Crippen molar-refractivity contribution < 1.29 is 8.83 Å². The number of rotatable bonds is 4. The van der Waals surface area contributed by atoms with Crippen LogP contribution in [0.1, 0.15) is 22.3 Å². The molecular weight excluding hydrogens is 765 g/mol. The monoisotopic (exact) mass is 800 g/mol. The summed E-state index contributed by atoms with van der Waals surface area (Å²) in [6, 6.07) is 80.2. The molecule has 0 radical (unpaired) electrons. The van der Waals surface area contributed by atoms with E-state index in [1.165, 1.54) is 76.8 Å². The Hall–Kier alpha value is -8.20. The lowest BCUT2D eigenvalue weighted by Gasteiger charge is -2.34. The number of fused-ring (bicyclic) bond motifs is 16. The number of benzene rings is 11. The summed E-state index contributed by atoms with van der Waals surface area (Å²) in [6.45, 7) is 0. The van der Waals surface area contributed by atoms with Gasteiger partial charge in [-0.2, -0.15) is 0 Å². The van der Waals surface area contributed by atoms with Gasteiger partial charge in [0.1, 0.15) is 22.3 Å². The molecule has 63 heavy (non-hydrogen) atoms. The fourth-order valence-electron chi connectivity index (χ4n) is 11.2. The van der Waals surface area contributed by atoms with E-state index in [1.54, 1.807) is 0 Å². The molecule has 0 fully saturated rings. The van der Waals surface area contributed by atoms with Gasteiger partial charge < -0.3 is 8.83 Å². The fraction of sp³-hybridized carbons (Fsp3) is 0.0164. The van der Waals surface area contributed by atoms with E-state index in [4.69, 9.17) is 8.83 Å². The van der Waals surface area contributed by atoms with Gasteiger partial charge in [-0.25, -0.2) is 0 Å². The van der Waals surface area contributed by atoms with Gasteiger partial charge in [0.05, 0.1) is 5.41 Å². The molecule has 13 aromatic rings. The minimum atomic E-state index is -0.576. The molecule has 2 nitrogen and oxygen atoms in total. The Morgan fingerprint density at radius 2 is 0.635 bits per heavy atom. The average molecular weight is 801 g/mol. The van der Waals surface area contributed by atoms with Crippen molar-refractivity contribution in [2.24, 2.45) is 0 Å². The first-order chi connectivity index (χ1) is 31.2. The summed E-state index contributed by atoms with van der Waals surface area (Å²) < 4.78 is 12.8. The number of hydrogen-bond donors (Lipinski definition) is 0. The van der Waals surface area contributed by atoms with Crippen molar-refractivity contribution in [1.82, 2.24) is 0 Å². The molecule has 0 saturated carbocycles. The number of hydrogen-bond acceptors (Lipinski definition) is 2. The van der Waals surface area contributed by atoms with Crippen molar-refractivity contribution >= 4 is 76.2 Å². The van der Waals surface area contributed by atoms with Gasteiger partial charge in [0.2, 0.25) is 0 Å². The lowest BCUT2D eigenvalue weighted by atomic mass is 9.67. The standard InChI is InChI=1S/C61H36O2/c1-3-13-41(14-4-1)61(42-15-5-2-6-16-42)53-35-39(37-23-27-47-45-19-8-7-17-43(45)44-18-9-10-20-46(44)51(47)33-37)24-28-48(53)49-29-25-40(36-54(49)61)38-26-30-56-52(34-38)60-58(63-56)32-31-57-59(60)50-21-11-12-22-55(50)62-57/h1-36H. The summed E-state index contributed by atoms with van der Waals surface area (Å²) in [7, 11) is 0. The minimum Gasteiger partial charge on any atom is -0.456 e. The summed E-state index contributed by atoms with van der Waals surface area (Å²) in [5.74, 6) is 0. The molecule has 2 heteroatoms.